The Morgan fingerprint density at radius 2 is 1.48 bits per heavy atom. The van der Waals surface area contributed by atoms with Crippen molar-refractivity contribution in [2.75, 3.05) is 13.1 Å². The van der Waals surface area contributed by atoms with Gasteiger partial charge in [-0.1, -0.05) is 37.8 Å². The number of hydrogen-bond acceptors (Lipinski definition) is 4. The quantitative estimate of drug-likeness (QED) is 0.548. The molecule has 1 saturated carbocycles. The molecule has 5 heteroatoms. The summed E-state index contributed by atoms with van der Waals surface area (Å²) in [5, 5.41) is 0. The Labute approximate surface area is 173 Å². The highest BCUT2D eigenvalue weighted by Gasteiger charge is 2.45. The summed E-state index contributed by atoms with van der Waals surface area (Å²) >= 11 is 0. The molecule has 1 aromatic carbocycles. The van der Waals surface area contributed by atoms with E-state index >= 15 is 0 Å². The minimum atomic E-state index is -0.110. The number of nitrogens with zero attached hydrogens (tertiary/aromatic N) is 2. The second kappa shape index (κ2) is 8.60. The molecule has 2 aliphatic heterocycles. The van der Waals surface area contributed by atoms with Gasteiger partial charge in [-0.3, -0.25) is 14.5 Å². The van der Waals surface area contributed by atoms with Gasteiger partial charge in [0.15, 0.2) is 0 Å². The molecule has 1 saturated heterocycles. The number of amides is 2. The summed E-state index contributed by atoms with van der Waals surface area (Å²) in [6.45, 7) is 5.69. The maximum absolute atomic E-state index is 13.5. The van der Waals surface area contributed by atoms with Gasteiger partial charge in [-0.2, -0.15) is 0 Å². The van der Waals surface area contributed by atoms with Crippen LogP contribution in [0.15, 0.2) is 30.0 Å². The second-order valence-electron chi connectivity index (χ2n) is 8.73. The Morgan fingerprint density at radius 1 is 0.862 bits per heavy atom. The predicted molar refractivity (Wildman–Crippen MR) is 113 cm³/mol. The van der Waals surface area contributed by atoms with Crippen LogP contribution in [0.3, 0.4) is 0 Å². The van der Waals surface area contributed by atoms with Crippen LogP contribution in [0, 0.1) is 0 Å². The predicted octanol–water partition coefficient (Wildman–Crippen LogP) is 4.37. The number of carbonyl (C=O) groups excluding carboxylic acids is 2. The fraction of sp³-hybridized carbons (Fsp3) is 0.583. The molecule has 0 N–H and O–H groups in total. The molecule has 0 bridgehead atoms. The van der Waals surface area contributed by atoms with Crippen molar-refractivity contribution in [3.63, 3.8) is 0 Å². The van der Waals surface area contributed by atoms with Gasteiger partial charge in [0.2, 0.25) is 0 Å². The van der Waals surface area contributed by atoms with Crippen molar-refractivity contribution in [3.8, 4) is 5.75 Å². The van der Waals surface area contributed by atoms with Gasteiger partial charge in [0.25, 0.3) is 11.8 Å². The normalized spacial score (nSPS) is 21.5. The molecule has 2 amide bonds. The molecule has 0 atom stereocenters. The topological polar surface area (TPSA) is 49.9 Å². The molecule has 2 heterocycles. The van der Waals surface area contributed by atoms with Crippen molar-refractivity contribution < 1.29 is 14.3 Å². The van der Waals surface area contributed by atoms with E-state index in [4.69, 9.17) is 4.74 Å². The number of hydrogen-bond donors (Lipinski definition) is 0. The van der Waals surface area contributed by atoms with Crippen molar-refractivity contribution in [1.29, 1.82) is 0 Å². The van der Waals surface area contributed by atoms with Gasteiger partial charge >= 0.3 is 0 Å². The zero-order valence-corrected chi connectivity index (χ0v) is 17.7. The summed E-state index contributed by atoms with van der Waals surface area (Å²) in [5.74, 6) is 0.590. The first-order chi connectivity index (χ1) is 14.1. The Bertz CT molecular complexity index is 783. The van der Waals surface area contributed by atoms with E-state index in [-0.39, 0.29) is 24.0 Å². The van der Waals surface area contributed by atoms with Crippen LogP contribution in [-0.4, -0.2) is 46.8 Å². The average Bonchev–Trinajstić information content (AvgIpc) is 3.20. The monoisotopic (exact) mass is 396 g/mol. The number of rotatable bonds is 5. The van der Waals surface area contributed by atoms with E-state index < -0.39 is 0 Å². The highest BCUT2D eigenvalue weighted by molar-refractivity contribution is 6.35. The molecule has 0 spiro atoms. The van der Waals surface area contributed by atoms with Crippen molar-refractivity contribution in [2.24, 2.45) is 0 Å². The van der Waals surface area contributed by atoms with E-state index in [0.29, 0.717) is 11.3 Å². The molecule has 156 valence electrons. The fourth-order valence-corrected chi connectivity index (χ4v) is 4.85. The third kappa shape index (κ3) is 4.05. The standard InChI is InChI=1S/C24H32N2O3/c1-17(2)29-20-13-11-18(12-14-20)21-22(25-15-7-8-16-25)24(28)26(23(21)27)19-9-5-3-4-6-10-19/h11-14,17,19H,3-10,15-16H2,1-2H3. The van der Waals surface area contributed by atoms with Gasteiger partial charge in [0, 0.05) is 19.1 Å². The summed E-state index contributed by atoms with van der Waals surface area (Å²) in [4.78, 5) is 30.8. The molecular formula is C24H32N2O3. The zero-order valence-electron chi connectivity index (χ0n) is 17.7. The lowest BCUT2D eigenvalue weighted by atomic mass is 10.0. The van der Waals surface area contributed by atoms with Crippen LogP contribution in [0.2, 0.25) is 0 Å². The number of benzene rings is 1. The number of carbonyl (C=O) groups is 2. The van der Waals surface area contributed by atoms with Gasteiger partial charge < -0.3 is 9.64 Å². The number of likely N-dealkylation sites (tertiary alicyclic amines) is 1. The summed E-state index contributed by atoms with van der Waals surface area (Å²) in [7, 11) is 0. The molecular weight excluding hydrogens is 364 g/mol. The summed E-state index contributed by atoms with van der Waals surface area (Å²) in [6.07, 6.45) is 8.69. The van der Waals surface area contributed by atoms with Crippen LogP contribution >= 0.6 is 0 Å². The summed E-state index contributed by atoms with van der Waals surface area (Å²) in [5.41, 5.74) is 2.02. The van der Waals surface area contributed by atoms with Crippen molar-refractivity contribution in [3.05, 3.63) is 35.5 Å². The molecule has 1 aromatic rings. The SMILES string of the molecule is CC(C)Oc1ccc(C2=C(N3CCCC3)C(=O)N(C3CCCCCC3)C2=O)cc1. The molecule has 3 aliphatic rings. The molecule has 1 aliphatic carbocycles. The molecule has 5 nitrogen and oxygen atoms in total. The van der Waals surface area contributed by atoms with Crippen molar-refractivity contribution in [1.82, 2.24) is 9.80 Å². The van der Waals surface area contributed by atoms with Crippen molar-refractivity contribution in [2.45, 2.75) is 77.4 Å². The highest BCUT2D eigenvalue weighted by Crippen LogP contribution is 2.37. The largest absolute Gasteiger partial charge is 0.491 e. The second-order valence-corrected chi connectivity index (χ2v) is 8.73. The lowest BCUT2D eigenvalue weighted by molar-refractivity contribution is -0.140. The van der Waals surface area contributed by atoms with Gasteiger partial charge in [0.1, 0.15) is 11.4 Å². The molecule has 0 radical (unpaired) electrons. The Balaban J connectivity index is 1.68. The van der Waals surface area contributed by atoms with Crippen LogP contribution in [0.1, 0.15) is 70.8 Å². The smallest absolute Gasteiger partial charge is 0.278 e. The first kappa shape index (κ1) is 20.0. The Hall–Kier alpha value is -2.30. The average molecular weight is 397 g/mol. The maximum atomic E-state index is 13.5. The fourth-order valence-electron chi connectivity index (χ4n) is 4.85. The molecule has 2 fully saturated rings. The minimum Gasteiger partial charge on any atom is -0.491 e. The van der Waals surface area contributed by atoms with Gasteiger partial charge in [-0.15, -0.1) is 0 Å². The van der Waals surface area contributed by atoms with Gasteiger partial charge in [-0.25, -0.2) is 0 Å². The maximum Gasteiger partial charge on any atom is 0.278 e. The van der Waals surface area contributed by atoms with Gasteiger partial charge in [0.05, 0.1) is 11.7 Å². The lowest BCUT2D eigenvalue weighted by Gasteiger charge is -2.26. The van der Waals surface area contributed by atoms with Gasteiger partial charge in [-0.05, 0) is 57.2 Å². The molecule has 4 rings (SSSR count). The molecule has 29 heavy (non-hydrogen) atoms. The van der Waals surface area contributed by atoms with Crippen LogP contribution in [0.25, 0.3) is 5.57 Å². The summed E-state index contributed by atoms with van der Waals surface area (Å²) < 4.78 is 5.75. The van der Waals surface area contributed by atoms with Crippen LogP contribution < -0.4 is 4.74 Å². The van der Waals surface area contributed by atoms with E-state index in [2.05, 4.69) is 4.90 Å². The third-order valence-corrected chi connectivity index (χ3v) is 6.22. The first-order valence-corrected chi connectivity index (χ1v) is 11.2. The van der Waals surface area contributed by atoms with Crippen LogP contribution in [0.4, 0.5) is 0 Å². The van der Waals surface area contributed by atoms with E-state index in [1.54, 1.807) is 4.90 Å². The Morgan fingerprint density at radius 3 is 2.07 bits per heavy atom. The van der Waals surface area contributed by atoms with E-state index in [0.717, 1.165) is 62.9 Å². The first-order valence-electron chi connectivity index (χ1n) is 11.2. The highest BCUT2D eigenvalue weighted by atomic mass is 16.5. The zero-order chi connectivity index (χ0) is 20.4. The van der Waals surface area contributed by atoms with E-state index in [1.807, 2.05) is 38.1 Å². The summed E-state index contributed by atoms with van der Waals surface area (Å²) in [6, 6.07) is 7.68. The van der Waals surface area contributed by atoms with Crippen molar-refractivity contribution >= 4 is 17.4 Å². The number of ether oxygens (including phenoxy) is 1. The van der Waals surface area contributed by atoms with Crippen LogP contribution in [0.5, 0.6) is 5.75 Å². The molecule has 0 aromatic heterocycles. The minimum absolute atomic E-state index is 0.0381. The molecule has 0 unspecified atom stereocenters. The van der Waals surface area contributed by atoms with Crippen LogP contribution in [-0.2, 0) is 9.59 Å². The van der Waals surface area contributed by atoms with E-state index in [1.165, 1.54) is 12.8 Å². The number of imide groups is 1. The lowest BCUT2D eigenvalue weighted by Crippen LogP contribution is -2.42. The third-order valence-electron chi connectivity index (χ3n) is 6.22. The Kier molecular flexibility index (Phi) is 5.93. The van der Waals surface area contributed by atoms with E-state index in [9.17, 15) is 9.59 Å².